The Balaban J connectivity index is 1.74. The number of aryl methyl sites for hydroxylation is 1. The van der Waals surface area contributed by atoms with Gasteiger partial charge in [-0.2, -0.15) is 0 Å². The van der Waals surface area contributed by atoms with Gasteiger partial charge in [0.05, 0.1) is 11.6 Å². The number of nitrogens with two attached hydrogens (primary N) is 1. The molecule has 0 saturated heterocycles. The first-order valence-corrected chi connectivity index (χ1v) is 12.0. The fourth-order valence-corrected chi connectivity index (χ4v) is 6.25. The summed E-state index contributed by atoms with van der Waals surface area (Å²) >= 11 is 0. The number of carbonyl (C=O) groups excluding carboxylic acids is 3. The minimum absolute atomic E-state index is 0.0504. The molecule has 3 aliphatic carbocycles. The lowest BCUT2D eigenvalue weighted by atomic mass is 9.57. The molecule has 192 valence electrons. The number of ketones is 2. The Morgan fingerprint density at radius 1 is 1.05 bits per heavy atom. The zero-order valence-electron chi connectivity index (χ0n) is 20.6. The Hall–Kier alpha value is -3.95. The van der Waals surface area contributed by atoms with Gasteiger partial charge in [0.1, 0.15) is 22.8 Å². The fourth-order valence-electron chi connectivity index (χ4n) is 6.25. The molecular formula is C28H28N2O7. The topological polar surface area (TPSA) is 161 Å². The molecule has 0 heterocycles. The molecular weight excluding hydrogens is 476 g/mol. The van der Waals surface area contributed by atoms with Crippen LogP contribution in [0.15, 0.2) is 53.3 Å². The first-order chi connectivity index (χ1) is 17.4. The van der Waals surface area contributed by atoms with Crippen molar-refractivity contribution in [1.29, 1.82) is 0 Å². The summed E-state index contributed by atoms with van der Waals surface area (Å²) in [6.07, 6.45) is 0.293. The van der Waals surface area contributed by atoms with Crippen molar-refractivity contribution in [3.05, 3.63) is 70.0 Å². The van der Waals surface area contributed by atoms with Crippen LogP contribution in [0, 0.1) is 18.8 Å². The summed E-state index contributed by atoms with van der Waals surface area (Å²) in [6, 6.07) is 9.82. The summed E-state index contributed by atoms with van der Waals surface area (Å²) in [5, 5.41) is 44.6. The molecule has 2 aromatic carbocycles. The van der Waals surface area contributed by atoms with Crippen molar-refractivity contribution in [3.63, 3.8) is 0 Å². The van der Waals surface area contributed by atoms with Crippen LogP contribution in [0.1, 0.15) is 23.1 Å². The first-order valence-electron chi connectivity index (χ1n) is 12.0. The van der Waals surface area contributed by atoms with Gasteiger partial charge in [-0.25, -0.2) is 0 Å². The zero-order chi connectivity index (χ0) is 27.0. The number of hydrogen-bond donors (Lipinski definition) is 5. The van der Waals surface area contributed by atoms with Crippen LogP contribution < -0.4 is 5.73 Å². The van der Waals surface area contributed by atoms with E-state index < -0.39 is 58.0 Å². The molecule has 4 unspecified atom stereocenters. The summed E-state index contributed by atoms with van der Waals surface area (Å²) in [6.45, 7) is 1.96. The molecule has 1 fully saturated rings. The second-order valence-corrected chi connectivity index (χ2v) is 10.3. The molecule has 0 radical (unpaired) electrons. The summed E-state index contributed by atoms with van der Waals surface area (Å²) in [7, 11) is 3.14. The molecule has 9 heteroatoms. The van der Waals surface area contributed by atoms with Crippen LogP contribution >= 0.6 is 0 Å². The van der Waals surface area contributed by atoms with Gasteiger partial charge in [0.25, 0.3) is 5.91 Å². The fraction of sp³-hybridized carbons (Fsp3) is 0.321. The van der Waals surface area contributed by atoms with E-state index in [1.165, 1.54) is 11.0 Å². The summed E-state index contributed by atoms with van der Waals surface area (Å²) in [5.74, 6) is -6.61. The lowest BCUT2D eigenvalue weighted by molar-refractivity contribution is -0.153. The molecule has 9 nitrogen and oxygen atoms in total. The number of Topliss-reactive ketones (excluding diaryl/α,β-unsaturated/α-hetero) is 2. The largest absolute Gasteiger partial charge is 0.508 e. The Kier molecular flexibility index (Phi) is 5.54. The minimum Gasteiger partial charge on any atom is -0.508 e. The number of phenols is 1. The maximum absolute atomic E-state index is 13.9. The predicted octanol–water partition coefficient (Wildman–Crippen LogP) is 1.94. The lowest BCUT2D eigenvalue weighted by Crippen LogP contribution is -2.65. The van der Waals surface area contributed by atoms with Crippen molar-refractivity contribution in [2.45, 2.75) is 31.4 Å². The predicted molar refractivity (Wildman–Crippen MR) is 134 cm³/mol. The number of phenolic OH excluding ortho intramolecular Hbond substituents is 1. The van der Waals surface area contributed by atoms with Crippen LogP contribution in [-0.2, 0) is 20.8 Å². The van der Waals surface area contributed by atoms with E-state index in [2.05, 4.69) is 0 Å². The van der Waals surface area contributed by atoms with Crippen molar-refractivity contribution < 1.29 is 34.8 Å². The van der Waals surface area contributed by atoms with E-state index in [0.29, 0.717) is 5.56 Å². The van der Waals surface area contributed by atoms with Gasteiger partial charge in [-0.1, -0.05) is 35.9 Å². The quantitative estimate of drug-likeness (QED) is 0.396. The SMILES string of the molecule is Cc1ccc(-c2ccc(O)c3c2CC2CC4C(N(C)C)C(=O)C(C(N)=O)=C(O)C4(O)C(=O)C2=C3O)cc1. The zero-order valence-corrected chi connectivity index (χ0v) is 20.6. The number of likely N-dealkylation sites (N-methyl/N-ethyl adjacent to an activating group) is 1. The molecule has 0 aliphatic heterocycles. The van der Waals surface area contributed by atoms with Crippen LogP contribution in [0.2, 0.25) is 0 Å². The van der Waals surface area contributed by atoms with E-state index in [0.717, 1.165) is 16.7 Å². The van der Waals surface area contributed by atoms with E-state index in [9.17, 15) is 34.8 Å². The number of aromatic hydroxyl groups is 1. The first kappa shape index (κ1) is 24.7. The number of aliphatic hydroxyl groups excluding tert-OH is 2. The molecule has 6 N–H and O–H groups in total. The van der Waals surface area contributed by atoms with Crippen molar-refractivity contribution in [2.75, 3.05) is 14.1 Å². The van der Waals surface area contributed by atoms with Gasteiger partial charge in [-0.15, -0.1) is 0 Å². The van der Waals surface area contributed by atoms with E-state index in [4.69, 9.17) is 5.73 Å². The molecule has 37 heavy (non-hydrogen) atoms. The number of benzene rings is 2. The number of primary amides is 1. The van der Waals surface area contributed by atoms with Crippen molar-refractivity contribution in [1.82, 2.24) is 4.90 Å². The van der Waals surface area contributed by atoms with E-state index in [1.54, 1.807) is 20.2 Å². The lowest BCUT2D eigenvalue weighted by Gasteiger charge is -2.50. The van der Waals surface area contributed by atoms with Gasteiger partial charge < -0.3 is 26.2 Å². The number of hydrogen-bond acceptors (Lipinski definition) is 8. The van der Waals surface area contributed by atoms with Gasteiger partial charge >= 0.3 is 0 Å². The highest BCUT2D eigenvalue weighted by molar-refractivity contribution is 6.24. The third kappa shape index (κ3) is 3.34. The van der Waals surface area contributed by atoms with Crippen LogP contribution in [0.4, 0.5) is 0 Å². The van der Waals surface area contributed by atoms with Gasteiger partial charge in [-0.05, 0) is 62.5 Å². The Bertz CT molecular complexity index is 1440. The number of rotatable bonds is 3. The van der Waals surface area contributed by atoms with Crippen LogP contribution in [-0.4, -0.2) is 68.5 Å². The molecule has 4 atom stereocenters. The van der Waals surface area contributed by atoms with Crippen molar-refractivity contribution in [2.24, 2.45) is 17.6 Å². The van der Waals surface area contributed by atoms with Gasteiger partial charge in [0.2, 0.25) is 5.78 Å². The average molecular weight is 505 g/mol. The maximum atomic E-state index is 13.9. The standard InChI is InChI=1S/C28H28N2O7/c1-12-4-6-13(7-5-12)15-8-9-18(31)20-16(15)10-14-11-17-22(30(2)3)24(33)21(27(29)36)26(35)28(17,37)25(34)19(14)23(20)32/h4-9,14,17,22,31-32,35,37H,10-11H2,1-3H3,(H2,29,36). The number of amides is 1. The second kappa shape index (κ2) is 8.29. The van der Waals surface area contributed by atoms with E-state index in [1.807, 2.05) is 31.2 Å². The molecule has 2 aromatic rings. The highest BCUT2D eigenvalue weighted by Gasteiger charge is 2.64. The number of nitrogens with zero attached hydrogens (tertiary/aromatic N) is 1. The third-order valence-corrected chi connectivity index (χ3v) is 7.97. The van der Waals surface area contributed by atoms with Gasteiger partial charge in [0, 0.05) is 11.5 Å². The van der Waals surface area contributed by atoms with Gasteiger partial charge in [-0.3, -0.25) is 19.3 Å². The third-order valence-electron chi connectivity index (χ3n) is 7.97. The van der Waals surface area contributed by atoms with E-state index in [-0.39, 0.29) is 29.7 Å². The number of aliphatic hydroxyl groups is 3. The second-order valence-electron chi connectivity index (χ2n) is 10.3. The maximum Gasteiger partial charge on any atom is 0.255 e. The number of fused-ring (bicyclic) bond motifs is 3. The van der Waals surface area contributed by atoms with Crippen molar-refractivity contribution >= 4 is 23.2 Å². The molecule has 0 bridgehead atoms. The van der Waals surface area contributed by atoms with Crippen molar-refractivity contribution in [3.8, 4) is 16.9 Å². The molecule has 1 saturated carbocycles. The van der Waals surface area contributed by atoms with Crippen LogP contribution in [0.3, 0.4) is 0 Å². The average Bonchev–Trinajstić information content (AvgIpc) is 2.82. The number of carbonyl (C=O) groups is 3. The summed E-state index contributed by atoms with van der Waals surface area (Å²) in [5.41, 5.74) is 5.13. The highest BCUT2D eigenvalue weighted by Crippen LogP contribution is 2.53. The van der Waals surface area contributed by atoms with Crippen LogP contribution in [0.5, 0.6) is 5.75 Å². The summed E-state index contributed by atoms with van der Waals surface area (Å²) in [4.78, 5) is 40.6. The Morgan fingerprint density at radius 3 is 2.30 bits per heavy atom. The summed E-state index contributed by atoms with van der Waals surface area (Å²) < 4.78 is 0. The molecule has 3 aliphatic rings. The van der Waals surface area contributed by atoms with E-state index >= 15 is 0 Å². The normalized spacial score (nSPS) is 27.2. The Morgan fingerprint density at radius 2 is 1.70 bits per heavy atom. The minimum atomic E-state index is -2.64. The monoisotopic (exact) mass is 504 g/mol. The van der Waals surface area contributed by atoms with Gasteiger partial charge in [0.15, 0.2) is 11.4 Å². The molecule has 5 rings (SSSR count). The molecule has 0 spiro atoms. The smallest absolute Gasteiger partial charge is 0.255 e. The Labute approximate surface area is 213 Å². The molecule has 0 aromatic heterocycles. The molecule has 1 amide bonds. The van der Waals surface area contributed by atoms with Crippen LogP contribution in [0.25, 0.3) is 16.9 Å². The highest BCUT2D eigenvalue weighted by atomic mass is 16.3.